The van der Waals surface area contributed by atoms with Crippen molar-refractivity contribution < 1.29 is 18.3 Å². The lowest BCUT2D eigenvalue weighted by Crippen LogP contribution is -2.39. The van der Waals surface area contributed by atoms with Crippen molar-refractivity contribution in [3.63, 3.8) is 0 Å². The summed E-state index contributed by atoms with van der Waals surface area (Å²) in [7, 11) is -3.65. The lowest BCUT2D eigenvalue weighted by atomic mass is 10.1. The van der Waals surface area contributed by atoms with E-state index in [9.17, 15) is 13.2 Å². The van der Waals surface area contributed by atoms with E-state index in [0.717, 1.165) is 0 Å². The maximum absolute atomic E-state index is 12.6. The van der Waals surface area contributed by atoms with Crippen LogP contribution < -0.4 is 0 Å². The molecule has 0 spiro atoms. The third-order valence-electron chi connectivity index (χ3n) is 2.85. The molecular formula is C14H21NO4S. The largest absolute Gasteiger partial charge is 0.481 e. The molecule has 0 aliphatic carbocycles. The summed E-state index contributed by atoms with van der Waals surface area (Å²) in [5.74, 6) is -1.62. The first-order chi connectivity index (χ1) is 9.25. The summed E-state index contributed by atoms with van der Waals surface area (Å²) in [6, 6.07) is 8.09. The number of hydrogen-bond donors (Lipinski definition) is 1. The Bertz CT molecular complexity index is 540. The number of rotatable bonds is 7. The third kappa shape index (κ3) is 4.31. The smallest absolute Gasteiger partial charge is 0.307 e. The summed E-state index contributed by atoms with van der Waals surface area (Å²) in [5.41, 5.74) is 0. The average Bonchev–Trinajstić information content (AvgIpc) is 2.38. The zero-order chi connectivity index (χ0) is 15.3. The molecule has 0 amide bonds. The van der Waals surface area contributed by atoms with E-state index < -0.39 is 21.9 Å². The number of sulfonamides is 1. The van der Waals surface area contributed by atoms with Crippen LogP contribution in [0, 0.1) is 11.8 Å². The number of nitrogens with zero attached hydrogens (tertiary/aromatic N) is 1. The fourth-order valence-corrected chi connectivity index (χ4v) is 3.52. The van der Waals surface area contributed by atoms with Crippen molar-refractivity contribution in [2.24, 2.45) is 11.8 Å². The van der Waals surface area contributed by atoms with Gasteiger partial charge in [0.25, 0.3) is 0 Å². The number of hydrogen-bond acceptors (Lipinski definition) is 3. The number of benzene rings is 1. The molecule has 5 nitrogen and oxygen atoms in total. The van der Waals surface area contributed by atoms with E-state index in [4.69, 9.17) is 5.11 Å². The summed E-state index contributed by atoms with van der Waals surface area (Å²) in [6.45, 7) is 5.59. The number of carboxylic acids is 1. The van der Waals surface area contributed by atoms with Gasteiger partial charge in [0.2, 0.25) is 10.0 Å². The molecule has 6 heteroatoms. The SMILES string of the molecule is CC(C)CN(CC(C)C(=O)O)S(=O)(=O)c1ccccc1. The van der Waals surface area contributed by atoms with Gasteiger partial charge in [0.05, 0.1) is 10.8 Å². The molecule has 0 radical (unpaired) electrons. The lowest BCUT2D eigenvalue weighted by molar-refractivity contribution is -0.141. The second-order valence-electron chi connectivity index (χ2n) is 5.27. The summed E-state index contributed by atoms with van der Waals surface area (Å²) in [4.78, 5) is 11.2. The Morgan fingerprint density at radius 3 is 2.15 bits per heavy atom. The second-order valence-corrected chi connectivity index (χ2v) is 7.21. The van der Waals surface area contributed by atoms with Gasteiger partial charge in [-0.05, 0) is 18.1 Å². The molecule has 0 heterocycles. The Kier molecular flexibility index (Phi) is 5.71. The standard InChI is InChI=1S/C14H21NO4S/c1-11(2)9-15(10-12(3)14(16)17)20(18,19)13-7-5-4-6-8-13/h4-8,11-12H,9-10H2,1-3H3,(H,16,17). The van der Waals surface area contributed by atoms with Crippen LogP contribution >= 0.6 is 0 Å². The summed E-state index contributed by atoms with van der Waals surface area (Å²) >= 11 is 0. The van der Waals surface area contributed by atoms with Gasteiger partial charge < -0.3 is 5.11 Å². The van der Waals surface area contributed by atoms with Gasteiger partial charge in [-0.2, -0.15) is 4.31 Å². The van der Waals surface area contributed by atoms with Crippen LogP contribution in [0.15, 0.2) is 35.2 Å². The van der Waals surface area contributed by atoms with Gasteiger partial charge in [-0.1, -0.05) is 39.0 Å². The highest BCUT2D eigenvalue weighted by Crippen LogP contribution is 2.18. The number of aliphatic carboxylic acids is 1. The predicted octanol–water partition coefficient (Wildman–Crippen LogP) is 2.05. The van der Waals surface area contributed by atoms with E-state index in [1.165, 1.54) is 23.4 Å². The molecule has 1 atom stereocenters. The van der Waals surface area contributed by atoms with E-state index in [-0.39, 0.29) is 17.4 Å². The molecule has 0 aromatic heterocycles. The molecule has 1 aromatic carbocycles. The van der Waals surface area contributed by atoms with E-state index >= 15 is 0 Å². The van der Waals surface area contributed by atoms with Crippen LogP contribution in [0.1, 0.15) is 20.8 Å². The molecule has 20 heavy (non-hydrogen) atoms. The van der Waals surface area contributed by atoms with E-state index in [0.29, 0.717) is 6.54 Å². The predicted molar refractivity (Wildman–Crippen MR) is 76.8 cm³/mol. The van der Waals surface area contributed by atoms with Gasteiger partial charge in [0.1, 0.15) is 0 Å². The Morgan fingerprint density at radius 1 is 1.15 bits per heavy atom. The molecule has 0 aliphatic rings. The van der Waals surface area contributed by atoms with Crippen LogP contribution in [-0.4, -0.2) is 36.9 Å². The number of carboxylic acid groups (broad SMARTS) is 1. The molecule has 0 saturated carbocycles. The van der Waals surface area contributed by atoms with E-state index in [1.807, 2.05) is 13.8 Å². The highest BCUT2D eigenvalue weighted by Gasteiger charge is 2.28. The van der Waals surface area contributed by atoms with Gasteiger partial charge in [0, 0.05) is 13.1 Å². The molecule has 0 fully saturated rings. The first-order valence-electron chi connectivity index (χ1n) is 6.53. The zero-order valence-electron chi connectivity index (χ0n) is 12.0. The van der Waals surface area contributed by atoms with E-state index in [2.05, 4.69) is 0 Å². The van der Waals surface area contributed by atoms with Crippen molar-refractivity contribution in [2.75, 3.05) is 13.1 Å². The second kappa shape index (κ2) is 6.85. The third-order valence-corrected chi connectivity index (χ3v) is 4.69. The Labute approximate surface area is 120 Å². The highest BCUT2D eigenvalue weighted by atomic mass is 32.2. The highest BCUT2D eigenvalue weighted by molar-refractivity contribution is 7.89. The first kappa shape index (κ1) is 16.7. The molecule has 0 saturated heterocycles. The Balaban J connectivity index is 3.07. The van der Waals surface area contributed by atoms with Gasteiger partial charge in [-0.25, -0.2) is 8.42 Å². The maximum Gasteiger partial charge on any atom is 0.307 e. The van der Waals surface area contributed by atoms with Crippen molar-refractivity contribution in [3.05, 3.63) is 30.3 Å². The maximum atomic E-state index is 12.6. The average molecular weight is 299 g/mol. The quantitative estimate of drug-likeness (QED) is 0.836. The van der Waals surface area contributed by atoms with Crippen LogP contribution in [-0.2, 0) is 14.8 Å². The zero-order valence-corrected chi connectivity index (χ0v) is 12.8. The Hall–Kier alpha value is -1.40. The number of carbonyl (C=O) groups is 1. The fraction of sp³-hybridized carbons (Fsp3) is 0.500. The topological polar surface area (TPSA) is 74.7 Å². The monoisotopic (exact) mass is 299 g/mol. The van der Waals surface area contributed by atoms with Crippen molar-refractivity contribution in [3.8, 4) is 0 Å². The lowest BCUT2D eigenvalue weighted by Gasteiger charge is -2.25. The molecule has 1 N–H and O–H groups in total. The molecular weight excluding hydrogens is 278 g/mol. The van der Waals surface area contributed by atoms with Crippen LogP contribution in [0.25, 0.3) is 0 Å². The minimum absolute atomic E-state index is 0.0231. The van der Waals surface area contributed by atoms with Crippen molar-refractivity contribution in [1.82, 2.24) is 4.31 Å². The normalized spacial score (nSPS) is 13.7. The van der Waals surface area contributed by atoms with Crippen molar-refractivity contribution >= 4 is 16.0 Å². The van der Waals surface area contributed by atoms with Crippen LogP contribution in [0.2, 0.25) is 0 Å². The molecule has 0 aliphatic heterocycles. The fourth-order valence-electron chi connectivity index (χ4n) is 1.80. The van der Waals surface area contributed by atoms with Gasteiger partial charge in [-0.3, -0.25) is 4.79 Å². The molecule has 1 rings (SSSR count). The first-order valence-corrected chi connectivity index (χ1v) is 7.97. The van der Waals surface area contributed by atoms with Gasteiger partial charge in [0.15, 0.2) is 0 Å². The van der Waals surface area contributed by atoms with Crippen molar-refractivity contribution in [2.45, 2.75) is 25.7 Å². The molecule has 112 valence electrons. The van der Waals surface area contributed by atoms with Crippen LogP contribution in [0.5, 0.6) is 0 Å². The Morgan fingerprint density at radius 2 is 1.70 bits per heavy atom. The molecule has 1 unspecified atom stereocenters. The van der Waals surface area contributed by atoms with Crippen molar-refractivity contribution in [1.29, 1.82) is 0 Å². The summed E-state index contributed by atoms with van der Waals surface area (Å²) in [6.07, 6.45) is 0. The van der Waals surface area contributed by atoms with E-state index in [1.54, 1.807) is 18.2 Å². The summed E-state index contributed by atoms with van der Waals surface area (Å²) < 4.78 is 26.4. The molecule has 0 bridgehead atoms. The minimum atomic E-state index is -3.65. The summed E-state index contributed by atoms with van der Waals surface area (Å²) in [5, 5.41) is 8.98. The van der Waals surface area contributed by atoms with Gasteiger partial charge >= 0.3 is 5.97 Å². The minimum Gasteiger partial charge on any atom is -0.481 e. The van der Waals surface area contributed by atoms with Gasteiger partial charge in [-0.15, -0.1) is 0 Å². The molecule has 1 aromatic rings. The van der Waals surface area contributed by atoms with Crippen LogP contribution in [0.4, 0.5) is 0 Å². The van der Waals surface area contributed by atoms with Crippen LogP contribution in [0.3, 0.4) is 0 Å².